The van der Waals surface area contributed by atoms with Gasteiger partial charge in [-0.3, -0.25) is 0 Å². The van der Waals surface area contributed by atoms with E-state index in [9.17, 15) is 8.42 Å². The van der Waals surface area contributed by atoms with Crippen molar-refractivity contribution in [2.24, 2.45) is 0 Å². The zero-order valence-electron chi connectivity index (χ0n) is 10.1. The van der Waals surface area contributed by atoms with Crippen molar-refractivity contribution in [1.82, 2.24) is 5.32 Å². The number of rotatable bonds is 8. The molecule has 17 heavy (non-hydrogen) atoms. The topological polar surface area (TPSA) is 46.2 Å². The van der Waals surface area contributed by atoms with E-state index in [1.165, 1.54) is 4.90 Å². The zero-order valence-corrected chi connectivity index (χ0v) is 11.7. The molecule has 0 aliphatic carbocycles. The first-order chi connectivity index (χ1) is 8.14. The van der Waals surface area contributed by atoms with Crippen molar-refractivity contribution in [3.8, 4) is 0 Å². The minimum atomic E-state index is -2.83. The van der Waals surface area contributed by atoms with Gasteiger partial charge in [-0.25, -0.2) is 8.42 Å². The maximum atomic E-state index is 11.2. The lowest BCUT2D eigenvalue weighted by Gasteiger charge is -2.04. The monoisotopic (exact) mass is 273 g/mol. The smallest absolute Gasteiger partial charge is 0.151 e. The number of thioether (sulfide) groups is 1. The van der Waals surface area contributed by atoms with Crippen LogP contribution in [0.25, 0.3) is 0 Å². The van der Waals surface area contributed by atoms with E-state index in [4.69, 9.17) is 0 Å². The van der Waals surface area contributed by atoms with Crippen molar-refractivity contribution >= 4 is 21.6 Å². The Morgan fingerprint density at radius 1 is 1.18 bits per heavy atom. The molecule has 0 heterocycles. The Bertz CT molecular complexity index is 404. The van der Waals surface area contributed by atoms with Crippen LogP contribution in [0.3, 0.4) is 0 Å². The van der Waals surface area contributed by atoms with Crippen molar-refractivity contribution in [2.45, 2.75) is 11.8 Å². The van der Waals surface area contributed by atoms with Crippen LogP contribution < -0.4 is 5.32 Å². The van der Waals surface area contributed by atoms with E-state index in [0.717, 1.165) is 12.3 Å². The Kier molecular flexibility index (Phi) is 6.62. The van der Waals surface area contributed by atoms with Crippen molar-refractivity contribution in [1.29, 1.82) is 0 Å². The SMILES string of the molecule is CCS(=O)(=O)CCNCCSc1ccccc1. The summed E-state index contributed by atoms with van der Waals surface area (Å²) >= 11 is 1.77. The molecule has 96 valence electrons. The quantitative estimate of drug-likeness (QED) is 0.579. The van der Waals surface area contributed by atoms with Gasteiger partial charge in [-0.05, 0) is 12.1 Å². The van der Waals surface area contributed by atoms with Gasteiger partial charge in [-0.1, -0.05) is 25.1 Å². The van der Waals surface area contributed by atoms with Crippen LogP contribution in [-0.4, -0.2) is 38.8 Å². The van der Waals surface area contributed by atoms with Gasteiger partial charge in [-0.2, -0.15) is 0 Å². The Labute approximate surface area is 108 Å². The van der Waals surface area contributed by atoms with E-state index >= 15 is 0 Å². The van der Waals surface area contributed by atoms with Gasteiger partial charge < -0.3 is 5.32 Å². The molecule has 0 saturated heterocycles. The summed E-state index contributed by atoms with van der Waals surface area (Å²) in [6.07, 6.45) is 0. The molecule has 1 rings (SSSR count). The second-order valence-electron chi connectivity index (χ2n) is 3.65. The normalized spacial score (nSPS) is 11.6. The molecule has 0 spiro atoms. The molecule has 0 aromatic heterocycles. The van der Waals surface area contributed by atoms with Crippen molar-refractivity contribution in [3.63, 3.8) is 0 Å². The first-order valence-electron chi connectivity index (χ1n) is 5.73. The minimum absolute atomic E-state index is 0.230. The highest BCUT2D eigenvalue weighted by atomic mass is 32.2. The third-order valence-electron chi connectivity index (χ3n) is 2.32. The fourth-order valence-corrected chi connectivity index (χ4v) is 2.83. The molecular formula is C12H19NO2S2. The van der Waals surface area contributed by atoms with Crippen LogP contribution in [0.1, 0.15) is 6.92 Å². The Morgan fingerprint density at radius 2 is 1.88 bits per heavy atom. The predicted molar refractivity (Wildman–Crippen MR) is 74.4 cm³/mol. The fourth-order valence-electron chi connectivity index (χ4n) is 1.25. The molecule has 0 fully saturated rings. The number of hydrogen-bond acceptors (Lipinski definition) is 4. The van der Waals surface area contributed by atoms with Crippen LogP contribution >= 0.6 is 11.8 Å². The largest absolute Gasteiger partial charge is 0.315 e. The Balaban J connectivity index is 2.06. The third kappa shape index (κ3) is 6.71. The Morgan fingerprint density at radius 3 is 2.53 bits per heavy atom. The molecule has 1 N–H and O–H groups in total. The molecule has 0 amide bonds. The first-order valence-corrected chi connectivity index (χ1v) is 8.54. The molecule has 0 bridgehead atoms. The molecular weight excluding hydrogens is 254 g/mol. The number of benzene rings is 1. The van der Waals surface area contributed by atoms with Gasteiger partial charge in [0.2, 0.25) is 0 Å². The number of nitrogens with one attached hydrogen (secondary N) is 1. The van der Waals surface area contributed by atoms with Crippen LogP contribution in [0.15, 0.2) is 35.2 Å². The summed E-state index contributed by atoms with van der Waals surface area (Å²) in [6, 6.07) is 10.2. The molecule has 1 aromatic rings. The highest BCUT2D eigenvalue weighted by Gasteiger charge is 2.05. The number of sulfone groups is 1. The van der Waals surface area contributed by atoms with Gasteiger partial charge in [-0.15, -0.1) is 11.8 Å². The lowest BCUT2D eigenvalue weighted by Crippen LogP contribution is -2.25. The molecule has 0 aliphatic heterocycles. The van der Waals surface area contributed by atoms with Gasteiger partial charge in [0.25, 0.3) is 0 Å². The van der Waals surface area contributed by atoms with Gasteiger partial charge in [0.15, 0.2) is 9.84 Å². The summed E-state index contributed by atoms with van der Waals surface area (Å²) in [6.45, 7) is 3.06. The molecule has 0 radical (unpaired) electrons. The van der Waals surface area contributed by atoms with Crippen molar-refractivity contribution in [3.05, 3.63) is 30.3 Å². The molecule has 5 heteroatoms. The highest BCUT2D eigenvalue weighted by molar-refractivity contribution is 7.99. The van der Waals surface area contributed by atoms with Gasteiger partial charge >= 0.3 is 0 Å². The minimum Gasteiger partial charge on any atom is -0.315 e. The van der Waals surface area contributed by atoms with Crippen LogP contribution in [0.5, 0.6) is 0 Å². The maximum Gasteiger partial charge on any atom is 0.151 e. The van der Waals surface area contributed by atoms with Crippen LogP contribution in [0, 0.1) is 0 Å². The first kappa shape index (κ1) is 14.5. The molecule has 0 aliphatic rings. The third-order valence-corrected chi connectivity index (χ3v) is 5.04. The van der Waals surface area contributed by atoms with Crippen molar-refractivity contribution < 1.29 is 8.42 Å². The van der Waals surface area contributed by atoms with E-state index in [1.54, 1.807) is 18.7 Å². The van der Waals surface area contributed by atoms with Crippen LogP contribution in [0.4, 0.5) is 0 Å². The van der Waals surface area contributed by atoms with E-state index in [0.29, 0.717) is 6.54 Å². The summed E-state index contributed by atoms with van der Waals surface area (Å²) in [5.74, 6) is 1.42. The van der Waals surface area contributed by atoms with E-state index in [1.807, 2.05) is 18.2 Å². The van der Waals surface area contributed by atoms with Crippen molar-refractivity contribution in [2.75, 3.05) is 30.3 Å². The average Bonchev–Trinajstić information content (AvgIpc) is 2.35. The standard InChI is InChI=1S/C12H19NO2S2/c1-2-17(14,15)11-9-13-8-10-16-12-6-4-3-5-7-12/h3-7,13H,2,8-11H2,1H3. The average molecular weight is 273 g/mol. The summed E-state index contributed by atoms with van der Waals surface area (Å²) in [5, 5.41) is 3.15. The second-order valence-corrected chi connectivity index (χ2v) is 7.29. The fraction of sp³-hybridized carbons (Fsp3) is 0.500. The molecule has 0 atom stereocenters. The molecule has 1 aromatic carbocycles. The summed E-state index contributed by atoms with van der Waals surface area (Å²) in [5.41, 5.74) is 0. The van der Waals surface area contributed by atoms with Gasteiger partial charge in [0, 0.05) is 29.5 Å². The predicted octanol–water partition coefficient (Wildman–Crippen LogP) is 1.80. The zero-order chi connectivity index (χ0) is 12.6. The number of hydrogen-bond donors (Lipinski definition) is 1. The molecule has 0 unspecified atom stereocenters. The molecule has 3 nitrogen and oxygen atoms in total. The van der Waals surface area contributed by atoms with E-state index < -0.39 is 9.84 Å². The Hall–Kier alpha value is -0.520. The summed E-state index contributed by atoms with van der Waals surface area (Å²) < 4.78 is 22.4. The molecule has 0 saturated carbocycles. The van der Waals surface area contributed by atoms with Crippen LogP contribution in [0.2, 0.25) is 0 Å². The van der Waals surface area contributed by atoms with Crippen LogP contribution in [-0.2, 0) is 9.84 Å². The second kappa shape index (κ2) is 7.74. The summed E-state index contributed by atoms with van der Waals surface area (Å²) in [7, 11) is -2.83. The van der Waals surface area contributed by atoms with E-state index in [2.05, 4.69) is 17.4 Å². The van der Waals surface area contributed by atoms with Gasteiger partial charge in [0.1, 0.15) is 0 Å². The lowest BCUT2D eigenvalue weighted by molar-refractivity contribution is 0.593. The highest BCUT2D eigenvalue weighted by Crippen LogP contribution is 2.15. The lowest BCUT2D eigenvalue weighted by atomic mass is 10.4. The van der Waals surface area contributed by atoms with Gasteiger partial charge in [0.05, 0.1) is 5.75 Å². The summed E-state index contributed by atoms with van der Waals surface area (Å²) in [4.78, 5) is 1.25. The van der Waals surface area contributed by atoms with E-state index in [-0.39, 0.29) is 11.5 Å². The maximum absolute atomic E-state index is 11.2.